The molecule has 22 heteroatoms. The van der Waals surface area contributed by atoms with Gasteiger partial charge in [-0.05, 0) is 70.0 Å². The highest BCUT2D eigenvalue weighted by Crippen LogP contribution is 2.21. The Morgan fingerprint density at radius 3 is 1.83 bits per heavy atom. The monoisotopic (exact) mass is 843 g/mol. The molecule has 0 radical (unpaired) electrons. The molecule has 2 aliphatic rings. The quantitative estimate of drug-likeness (QED) is 0.0415. The molecule has 60 heavy (non-hydrogen) atoms. The summed E-state index contributed by atoms with van der Waals surface area (Å²) < 4.78 is 0. The molecule has 2 aliphatic heterocycles. The zero-order valence-corrected chi connectivity index (χ0v) is 33.3. The molecule has 1 aromatic carbocycles. The second-order valence-electron chi connectivity index (χ2n) is 14.8. The minimum atomic E-state index is -1.66. The molecule has 7 unspecified atom stereocenters. The van der Waals surface area contributed by atoms with Crippen molar-refractivity contribution < 1.29 is 53.1 Å². The summed E-state index contributed by atoms with van der Waals surface area (Å²) in [7, 11) is 0. The minimum Gasteiger partial charge on any atom is -0.480 e. The van der Waals surface area contributed by atoms with Gasteiger partial charge in [-0.3, -0.25) is 43.2 Å². The first kappa shape index (κ1) is 48.2. The number of rotatable bonds is 25. The van der Waals surface area contributed by atoms with Crippen molar-refractivity contribution >= 4 is 59.1 Å². The summed E-state index contributed by atoms with van der Waals surface area (Å²) in [5.74, 6) is -8.99. The number of carboxylic acid groups (broad SMARTS) is 1. The number of carbonyl (C=O) groups is 10. The predicted octanol–water partition coefficient (Wildman–Crippen LogP) is -4.37. The van der Waals surface area contributed by atoms with E-state index in [4.69, 9.17) is 22.9 Å². The number of unbranched alkanes of at least 4 members (excludes halogenated alkanes) is 1. The molecular weight excluding hydrogens is 786 g/mol. The van der Waals surface area contributed by atoms with Crippen LogP contribution in [0.2, 0.25) is 0 Å². The molecule has 0 saturated carbocycles. The van der Waals surface area contributed by atoms with E-state index in [-0.39, 0.29) is 45.2 Å². The van der Waals surface area contributed by atoms with Gasteiger partial charge in [-0.2, -0.15) is 0 Å². The van der Waals surface area contributed by atoms with E-state index in [1.807, 2.05) is 0 Å². The third kappa shape index (κ3) is 15.5. The number of primary amides is 3. The lowest BCUT2D eigenvalue weighted by molar-refractivity contribution is -0.144. The molecule has 0 aliphatic carbocycles. The molecule has 2 heterocycles. The van der Waals surface area contributed by atoms with Gasteiger partial charge in [0.2, 0.25) is 53.2 Å². The highest BCUT2D eigenvalue weighted by molar-refractivity contribution is 5.99. The van der Waals surface area contributed by atoms with E-state index in [1.54, 1.807) is 30.3 Å². The van der Waals surface area contributed by atoms with Crippen LogP contribution in [0.15, 0.2) is 30.3 Å². The third-order valence-electron chi connectivity index (χ3n) is 10.1. The maximum atomic E-state index is 14.2. The van der Waals surface area contributed by atoms with Crippen LogP contribution in [-0.4, -0.2) is 131 Å². The van der Waals surface area contributed by atoms with E-state index in [2.05, 4.69) is 31.9 Å². The number of hydrogen-bond acceptors (Lipinski definition) is 12. The van der Waals surface area contributed by atoms with Crippen LogP contribution in [-0.2, 0) is 54.4 Å². The number of carboxylic acids is 1. The van der Waals surface area contributed by atoms with Crippen molar-refractivity contribution in [2.75, 3.05) is 19.6 Å². The Morgan fingerprint density at radius 2 is 1.27 bits per heavy atom. The molecule has 22 nitrogen and oxygen atoms in total. The summed E-state index contributed by atoms with van der Waals surface area (Å²) in [6.07, 6.45) is 0.503. The second kappa shape index (κ2) is 24.1. The fourth-order valence-corrected chi connectivity index (χ4v) is 6.94. The van der Waals surface area contributed by atoms with Gasteiger partial charge in [0, 0.05) is 19.4 Å². The number of nitrogens with two attached hydrogens (primary N) is 4. The summed E-state index contributed by atoms with van der Waals surface area (Å²) in [4.78, 5) is 130. The molecule has 330 valence electrons. The molecule has 1 aromatic rings. The van der Waals surface area contributed by atoms with Crippen molar-refractivity contribution in [3.8, 4) is 0 Å². The summed E-state index contributed by atoms with van der Waals surface area (Å²) in [5, 5.41) is 25.0. The zero-order chi connectivity index (χ0) is 44.4. The predicted molar refractivity (Wildman–Crippen MR) is 212 cm³/mol. The Balaban J connectivity index is 1.82. The van der Waals surface area contributed by atoms with Gasteiger partial charge in [0.05, 0.1) is 18.9 Å². The van der Waals surface area contributed by atoms with Crippen LogP contribution in [0.25, 0.3) is 0 Å². The topological polar surface area (TPSA) is 370 Å². The fraction of sp³-hybridized carbons (Fsp3) is 0.579. The number of carbonyl (C=O) groups excluding carboxylic acids is 9. The van der Waals surface area contributed by atoms with E-state index in [0.717, 1.165) is 0 Å². The Kier molecular flexibility index (Phi) is 19.3. The highest BCUT2D eigenvalue weighted by Gasteiger charge is 2.40. The normalized spacial score (nSPS) is 18.4. The van der Waals surface area contributed by atoms with E-state index < -0.39 is 114 Å². The number of amides is 9. The van der Waals surface area contributed by atoms with Gasteiger partial charge in [-0.15, -0.1) is 0 Å². The lowest BCUT2D eigenvalue weighted by Crippen LogP contribution is -2.60. The number of benzene rings is 1. The average molecular weight is 844 g/mol. The number of aliphatic carboxylic acids is 1. The minimum absolute atomic E-state index is 0.0273. The summed E-state index contributed by atoms with van der Waals surface area (Å²) in [6.45, 7) is 0.903. The van der Waals surface area contributed by atoms with Crippen molar-refractivity contribution in [3.63, 3.8) is 0 Å². The van der Waals surface area contributed by atoms with Gasteiger partial charge in [0.15, 0.2) is 0 Å². The Hall–Kier alpha value is -6.16. The van der Waals surface area contributed by atoms with Crippen molar-refractivity contribution in [2.45, 2.75) is 119 Å². The Labute approximate surface area is 346 Å². The SMILES string of the molecule is NCCCCC(NC(=O)C(CC(N)=O)NC(=O)C(CC(N)=O)NC(=O)C1CCCN1)C(=O)N1CCCC1C(=O)NC(Cc1ccccc1)C(=O)NC(CCC(N)=O)C(=O)O. The molecule has 0 spiro atoms. The molecule has 2 saturated heterocycles. The van der Waals surface area contributed by atoms with Crippen LogP contribution in [0.1, 0.15) is 76.2 Å². The lowest BCUT2D eigenvalue weighted by atomic mass is 10.0. The molecule has 9 amide bonds. The fourth-order valence-electron chi connectivity index (χ4n) is 6.94. The van der Waals surface area contributed by atoms with Gasteiger partial charge >= 0.3 is 5.97 Å². The first-order chi connectivity index (χ1) is 28.5. The highest BCUT2D eigenvalue weighted by atomic mass is 16.4. The molecule has 2 fully saturated rings. The Bertz CT molecular complexity index is 1720. The number of nitrogens with one attached hydrogen (secondary N) is 6. The van der Waals surface area contributed by atoms with Gasteiger partial charge < -0.3 is 64.8 Å². The van der Waals surface area contributed by atoms with Crippen molar-refractivity contribution in [3.05, 3.63) is 35.9 Å². The maximum absolute atomic E-state index is 14.2. The second-order valence-corrected chi connectivity index (χ2v) is 14.8. The van der Waals surface area contributed by atoms with Crippen LogP contribution in [0, 0.1) is 0 Å². The smallest absolute Gasteiger partial charge is 0.326 e. The van der Waals surface area contributed by atoms with Gasteiger partial charge in [0.25, 0.3) is 0 Å². The maximum Gasteiger partial charge on any atom is 0.326 e. The first-order valence-corrected chi connectivity index (χ1v) is 19.9. The summed E-state index contributed by atoms with van der Waals surface area (Å²) in [6, 6.07) is -0.473. The third-order valence-corrected chi connectivity index (χ3v) is 10.1. The molecular formula is C38H57N11O11. The number of hydrogen-bond donors (Lipinski definition) is 11. The summed E-state index contributed by atoms with van der Waals surface area (Å²) >= 11 is 0. The Morgan fingerprint density at radius 1 is 0.683 bits per heavy atom. The van der Waals surface area contributed by atoms with Crippen molar-refractivity contribution in [2.24, 2.45) is 22.9 Å². The molecule has 0 aromatic heterocycles. The van der Waals surface area contributed by atoms with Crippen molar-refractivity contribution in [1.29, 1.82) is 0 Å². The molecule has 3 rings (SSSR count). The van der Waals surface area contributed by atoms with E-state index in [0.29, 0.717) is 44.2 Å². The van der Waals surface area contributed by atoms with E-state index in [9.17, 15) is 53.1 Å². The van der Waals surface area contributed by atoms with Crippen LogP contribution >= 0.6 is 0 Å². The van der Waals surface area contributed by atoms with Gasteiger partial charge in [-0.1, -0.05) is 30.3 Å². The van der Waals surface area contributed by atoms with Crippen LogP contribution < -0.4 is 54.8 Å². The zero-order valence-electron chi connectivity index (χ0n) is 33.3. The van der Waals surface area contributed by atoms with Crippen molar-refractivity contribution in [1.82, 2.24) is 36.8 Å². The molecule has 15 N–H and O–H groups in total. The average Bonchev–Trinajstić information content (AvgIpc) is 3.92. The molecule has 7 atom stereocenters. The van der Waals surface area contributed by atoms with Gasteiger partial charge in [-0.25, -0.2) is 4.79 Å². The van der Waals surface area contributed by atoms with E-state index >= 15 is 0 Å². The lowest BCUT2D eigenvalue weighted by Gasteiger charge is -2.31. The summed E-state index contributed by atoms with van der Waals surface area (Å²) in [5.41, 5.74) is 22.2. The van der Waals surface area contributed by atoms with E-state index in [1.165, 1.54) is 4.90 Å². The number of likely N-dealkylation sites (tertiary alicyclic amines) is 1. The standard InChI is InChI=1S/C38H57N11O11/c39-15-5-4-10-23(44-34(55)26(19-30(41)51)47-35(56)27(20-31(42)52)46-32(53)22-11-6-16-43-22)37(58)49-17-7-12-28(49)36(57)48-25(18-21-8-2-1-3-9-21)33(54)45-24(38(59)60)13-14-29(40)50/h1-3,8-9,22-28,43H,4-7,10-20,39H2,(H2,40,50)(H2,41,51)(H2,42,52)(H,44,55)(H,45,54)(H,46,53)(H,47,56)(H,48,57)(H,59,60). The largest absolute Gasteiger partial charge is 0.480 e. The van der Waals surface area contributed by atoms with Crippen LogP contribution in [0.5, 0.6) is 0 Å². The number of nitrogens with zero attached hydrogens (tertiary/aromatic N) is 1. The van der Waals surface area contributed by atoms with Crippen LogP contribution in [0.4, 0.5) is 0 Å². The van der Waals surface area contributed by atoms with Crippen LogP contribution in [0.3, 0.4) is 0 Å². The molecule has 0 bridgehead atoms. The first-order valence-electron chi connectivity index (χ1n) is 19.9. The van der Waals surface area contributed by atoms with Gasteiger partial charge in [0.1, 0.15) is 36.3 Å².